The Morgan fingerprint density at radius 1 is 1.06 bits per heavy atom. The van der Waals surface area contributed by atoms with E-state index in [9.17, 15) is 9.18 Å². The van der Waals surface area contributed by atoms with E-state index in [4.69, 9.17) is 9.84 Å². The van der Waals surface area contributed by atoms with Gasteiger partial charge in [-0.05, 0) is 55.2 Å². The van der Waals surface area contributed by atoms with Crippen molar-refractivity contribution in [2.24, 2.45) is 5.92 Å². The second-order valence-corrected chi connectivity index (χ2v) is 8.21. The number of carboxylic acids is 1. The van der Waals surface area contributed by atoms with Crippen LogP contribution < -0.4 is 10.1 Å². The lowest BCUT2D eigenvalue weighted by atomic mass is 9.77. The summed E-state index contributed by atoms with van der Waals surface area (Å²) in [5.74, 6) is -0.464. The highest BCUT2D eigenvalue weighted by molar-refractivity contribution is 5.67. The first-order valence-electron chi connectivity index (χ1n) is 10.8. The molecule has 0 aliphatic heterocycles. The molecule has 0 bridgehead atoms. The molecule has 0 unspecified atom stereocenters. The predicted molar refractivity (Wildman–Crippen MR) is 121 cm³/mol. The van der Waals surface area contributed by atoms with Crippen LogP contribution in [0.5, 0.6) is 5.88 Å². The fourth-order valence-corrected chi connectivity index (χ4v) is 4.32. The lowest BCUT2D eigenvalue weighted by molar-refractivity contribution is -0.138. The first kappa shape index (κ1) is 21.7. The van der Waals surface area contributed by atoms with Gasteiger partial charge in [-0.15, -0.1) is 0 Å². The van der Waals surface area contributed by atoms with E-state index in [1.807, 2.05) is 12.1 Å². The number of aromatic nitrogens is 2. The fourth-order valence-electron chi connectivity index (χ4n) is 4.32. The van der Waals surface area contributed by atoms with E-state index in [0.29, 0.717) is 17.5 Å². The summed E-state index contributed by atoms with van der Waals surface area (Å²) in [4.78, 5) is 19.3. The Balaban J connectivity index is 1.37. The Hall–Kier alpha value is -3.48. The maximum atomic E-state index is 13.8. The normalized spacial score (nSPS) is 18.2. The molecule has 1 saturated carbocycles. The van der Waals surface area contributed by atoms with Crippen molar-refractivity contribution in [1.82, 2.24) is 9.97 Å². The molecule has 3 aromatic rings. The molecule has 166 valence electrons. The van der Waals surface area contributed by atoms with Gasteiger partial charge in [0.05, 0.1) is 36.6 Å². The summed E-state index contributed by atoms with van der Waals surface area (Å²) < 4.78 is 18.6. The second-order valence-electron chi connectivity index (χ2n) is 8.21. The molecule has 4 rings (SSSR count). The van der Waals surface area contributed by atoms with E-state index in [-0.39, 0.29) is 12.3 Å². The van der Waals surface area contributed by atoms with E-state index < -0.39 is 11.8 Å². The number of hydrogen-bond acceptors (Lipinski definition) is 5. The minimum atomic E-state index is -0.695. The number of pyridine rings is 2. The topological polar surface area (TPSA) is 84.3 Å². The summed E-state index contributed by atoms with van der Waals surface area (Å²) >= 11 is 0. The number of halogens is 1. The third-order valence-corrected chi connectivity index (χ3v) is 6.04. The Labute approximate surface area is 186 Å². The van der Waals surface area contributed by atoms with E-state index in [1.54, 1.807) is 6.20 Å². The zero-order valence-corrected chi connectivity index (χ0v) is 17.9. The van der Waals surface area contributed by atoms with Crippen molar-refractivity contribution in [3.05, 3.63) is 66.2 Å². The number of ether oxygens (including phenoxy) is 1. The molecule has 0 spiro atoms. The average molecular weight is 435 g/mol. The number of carbonyl (C=O) groups is 1. The zero-order valence-electron chi connectivity index (χ0n) is 17.9. The molecular formula is C25H26FN3O3. The Morgan fingerprint density at radius 2 is 1.78 bits per heavy atom. The molecule has 0 saturated heterocycles. The maximum absolute atomic E-state index is 13.8. The van der Waals surface area contributed by atoms with Crippen LogP contribution in [0.15, 0.2) is 54.9 Å². The third-order valence-electron chi connectivity index (χ3n) is 6.04. The molecule has 1 aliphatic rings. The number of aliphatic carboxylic acids is 1. The minimum absolute atomic E-state index is 0.0409. The maximum Gasteiger partial charge on any atom is 0.303 e. The van der Waals surface area contributed by atoms with Crippen molar-refractivity contribution in [3.63, 3.8) is 0 Å². The molecule has 1 aromatic carbocycles. The number of nitrogens with zero attached hydrogens (tertiary/aromatic N) is 2. The number of carboxylic acid groups (broad SMARTS) is 1. The fraction of sp³-hybridized carbons (Fsp3) is 0.320. The van der Waals surface area contributed by atoms with Gasteiger partial charge in [-0.25, -0.2) is 9.37 Å². The summed E-state index contributed by atoms with van der Waals surface area (Å²) in [6, 6.07) is 13.6. The average Bonchev–Trinajstić information content (AvgIpc) is 2.80. The first-order valence-corrected chi connectivity index (χ1v) is 10.8. The van der Waals surface area contributed by atoms with Crippen LogP contribution in [0.4, 0.5) is 15.8 Å². The van der Waals surface area contributed by atoms with Gasteiger partial charge in [0.2, 0.25) is 5.88 Å². The van der Waals surface area contributed by atoms with Crippen LogP contribution in [0.2, 0.25) is 0 Å². The number of nitrogens with one attached hydrogen (secondary N) is 1. The van der Waals surface area contributed by atoms with Crippen molar-refractivity contribution < 1.29 is 19.0 Å². The van der Waals surface area contributed by atoms with Gasteiger partial charge in [-0.1, -0.05) is 24.3 Å². The summed E-state index contributed by atoms with van der Waals surface area (Å²) in [6.45, 7) is 0. The van der Waals surface area contributed by atoms with Crippen LogP contribution in [0.3, 0.4) is 0 Å². The molecule has 2 N–H and O–H groups in total. The molecule has 2 aromatic heterocycles. The van der Waals surface area contributed by atoms with Crippen molar-refractivity contribution in [2.45, 2.75) is 38.0 Å². The Bertz CT molecular complexity index is 1060. The predicted octanol–water partition coefficient (Wildman–Crippen LogP) is 5.78. The number of rotatable bonds is 7. The molecule has 2 heterocycles. The van der Waals surface area contributed by atoms with Gasteiger partial charge < -0.3 is 15.2 Å². The molecule has 1 aliphatic carbocycles. The standard InChI is InChI=1S/C25H26FN3O3/c1-32-25-22(26)13-21(15-28-25)29-20-10-11-23(27-14-20)19-8-6-18(7-9-19)17-4-2-16(3-5-17)12-24(30)31/h6-11,13-17,29H,2-5,12H2,1H3,(H,30,31). The van der Waals surface area contributed by atoms with Crippen LogP contribution in [0, 0.1) is 11.7 Å². The van der Waals surface area contributed by atoms with Gasteiger partial charge in [-0.3, -0.25) is 9.78 Å². The Morgan fingerprint density at radius 3 is 2.38 bits per heavy atom. The van der Waals surface area contributed by atoms with Crippen LogP contribution >= 0.6 is 0 Å². The highest BCUT2D eigenvalue weighted by atomic mass is 19.1. The van der Waals surface area contributed by atoms with Crippen molar-refractivity contribution >= 4 is 17.3 Å². The highest BCUT2D eigenvalue weighted by Crippen LogP contribution is 2.37. The molecule has 7 heteroatoms. The van der Waals surface area contributed by atoms with Crippen LogP contribution in [0.1, 0.15) is 43.6 Å². The molecule has 0 amide bonds. The van der Waals surface area contributed by atoms with Crippen LogP contribution in [-0.2, 0) is 4.79 Å². The zero-order chi connectivity index (χ0) is 22.5. The van der Waals surface area contributed by atoms with Crippen LogP contribution in [0.25, 0.3) is 11.3 Å². The number of hydrogen-bond donors (Lipinski definition) is 2. The van der Waals surface area contributed by atoms with Gasteiger partial charge in [0, 0.05) is 18.1 Å². The second kappa shape index (κ2) is 9.77. The molecule has 0 atom stereocenters. The number of benzene rings is 1. The number of methoxy groups -OCH3 is 1. The van der Waals surface area contributed by atoms with Gasteiger partial charge in [0.1, 0.15) is 0 Å². The van der Waals surface area contributed by atoms with Crippen LogP contribution in [-0.4, -0.2) is 28.2 Å². The van der Waals surface area contributed by atoms with Gasteiger partial charge in [-0.2, -0.15) is 0 Å². The largest absolute Gasteiger partial charge is 0.481 e. The van der Waals surface area contributed by atoms with E-state index in [0.717, 1.165) is 42.6 Å². The smallest absolute Gasteiger partial charge is 0.303 e. The van der Waals surface area contributed by atoms with E-state index in [1.165, 1.54) is 24.9 Å². The van der Waals surface area contributed by atoms with Gasteiger partial charge >= 0.3 is 5.97 Å². The Kier molecular flexibility index (Phi) is 6.63. The summed E-state index contributed by atoms with van der Waals surface area (Å²) in [6.07, 6.45) is 7.52. The quantitative estimate of drug-likeness (QED) is 0.489. The highest BCUT2D eigenvalue weighted by Gasteiger charge is 2.24. The minimum Gasteiger partial charge on any atom is -0.481 e. The summed E-state index contributed by atoms with van der Waals surface area (Å²) in [5, 5.41) is 12.1. The molecule has 1 fully saturated rings. The number of anilines is 2. The molecule has 32 heavy (non-hydrogen) atoms. The summed E-state index contributed by atoms with van der Waals surface area (Å²) in [7, 11) is 1.38. The molecule has 6 nitrogen and oxygen atoms in total. The third kappa shape index (κ3) is 5.22. The monoisotopic (exact) mass is 435 g/mol. The van der Waals surface area contributed by atoms with Crippen molar-refractivity contribution in [2.75, 3.05) is 12.4 Å². The SMILES string of the molecule is COc1ncc(Nc2ccc(-c3ccc(C4CCC(CC(=O)O)CC4)cc3)nc2)cc1F. The van der Waals surface area contributed by atoms with Gasteiger partial charge in [0.25, 0.3) is 0 Å². The lowest BCUT2D eigenvalue weighted by Gasteiger charge is -2.28. The first-order chi connectivity index (χ1) is 15.5. The van der Waals surface area contributed by atoms with Crippen molar-refractivity contribution in [1.29, 1.82) is 0 Å². The van der Waals surface area contributed by atoms with E-state index >= 15 is 0 Å². The molecular weight excluding hydrogens is 409 g/mol. The van der Waals surface area contributed by atoms with Crippen molar-refractivity contribution in [3.8, 4) is 17.1 Å². The van der Waals surface area contributed by atoms with E-state index in [2.05, 4.69) is 39.6 Å². The summed E-state index contributed by atoms with van der Waals surface area (Å²) in [5.41, 5.74) is 4.42. The lowest BCUT2D eigenvalue weighted by Crippen LogP contribution is -2.16. The molecule has 0 radical (unpaired) electrons. The van der Waals surface area contributed by atoms with Gasteiger partial charge in [0.15, 0.2) is 5.82 Å².